The van der Waals surface area contributed by atoms with Crippen LogP contribution in [0.2, 0.25) is 0 Å². The number of methoxy groups -OCH3 is 2. The van der Waals surface area contributed by atoms with Gasteiger partial charge < -0.3 is 14.2 Å². The second-order valence-electron chi connectivity index (χ2n) is 7.05. The Morgan fingerprint density at radius 2 is 1.64 bits per heavy atom. The normalized spacial score (nSPS) is 11.0. The van der Waals surface area contributed by atoms with Gasteiger partial charge in [-0.1, -0.05) is 13.8 Å². The van der Waals surface area contributed by atoms with Crippen molar-refractivity contribution in [2.45, 2.75) is 33.6 Å². The Bertz CT molecular complexity index is 1040. The minimum absolute atomic E-state index is 0.0329. The molecule has 0 spiro atoms. The molecule has 2 aromatic carbocycles. The molecule has 0 saturated carbocycles. The summed E-state index contributed by atoms with van der Waals surface area (Å²) >= 11 is 0. The van der Waals surface area contributed by atoms with Gasteiger partial charge in [-0.05, 0) is 55.2 Å². The van der Waals surface area contributed by atoms with Crippen LogP contribution in [-0.2, 0) is 0 Å². The second kappa shape index (κ2) is 7.89. The molecular weight excluding hydrogens is 354 g/mol. The first-order valence-electron chi connectivity index (χ1n) is 9.19. The molecule has 1 heterocycles. The van der Waals surface area contributed by atoms with Gasteiger partial charge in [0.1, 0.15) is 11.5 Å². The monoisotopic (exact) mass is 379 g/mol. The molecule has 0 radical (unpaired) electrons. The zero-order valence-electron chi connectivity index (χ0n) is 17.1. The third-order valence-corrected chi connectivity index (χ3v) is 4.80. The summed E-state index contributed by atoms with van der Waals surface area (Å²) in [5, 5.41) is 0.778. The molecule has 0 atom stereocenters. The molecule has 0 amide bonds. The molecule has 28 heavy (non-hydrogen) atoms. The van der Waals surface area contributed by atoms with Crippen LogP contribution in [0.3, 0.4) is 0 Å². The van der Waals surface area contributed by atoms with E-state index in [2.05, 4.69) is 18.8 Å². The molecule has 5 heteroatoms. The fourth-order valence-corrected chi connectivity index (χ4v) is 3.33. The molecular formula is C23H25NO4. The van der Waals surface area contributed by atoms with Gasteiger partial charge in [-0.3, -0.25) is 9.78 Å². The number of aromatic nitrogens is 1. The van der Waals surface area contributed by atoms with Crippen LogP contribution in [0.5, 0.6) is 23.0 Å². The number of ketones is 1. The topological polar surface area (TPSA) is 57.7 Å². The molecule has 3 rings (SSSR count). The van der Waals surface area contributed by atoms with Crippen LogP contribution >= 0.6 is 0 Å². The molecule has 0 unspecified atom stereocenters. The first-order chi connectivity index (χ1) is 13.3. The highest BCUT2D eigenvalue weighted by atomic mass is 16.5. The lowest BCUT2D eigenvalue weighted by Gasteiger charge is -2.17. The first-order valence-corrected chi connectivity index (χ1v) is 9.19. The van der Waals surface area contributed by atoms with Crippen LogP contribution < -0.4 is 14.2 Å². The van der Waals surface area contributed by atoms with Crippen molar-refractivity contribution in [3.05, 3.63) is 53.2 Å². The third-order valence-electron chi connectivity index (χ3n) is 4.80. The SMILES string of the molecule is COc1cc2nccc(Oc3cc(C)c(C(C)C)cc3C(C)=O)c2cc1OC. The molecule has 146 valence electrons. The van der Waals surface area contributed by atoms with Crippen molar-refractivity contribution in [2.24, 2.45) is 0 Å². The number of aryl methyl sites for hydroxylation is 1. The van der Waals surface area contributed by atoms with E-state index in [1.54, 1.807) is 39.5 Å². The number of hydrogen-bond donors (Lipinski definition) is 0. The molecule has 0 fully saturated rings. The summed E-state index contributed by atoms with van der Waals surface area (Å²) < 4.78 is 17.0. The van der Waals surface area contributed by atoms with Crippen molar-refractivity contribution < 1.29 is 19.0 Å². The summed E-state index contributed by atoms with van der Waals surface area (Å²) in [4.78, 5) is 16.7. The molecule has 1 aromatic heterocycles. The quantitative estimate of drug-likeness (QED) is 0.516. The number of benzene rings is 2. The van der Waals surface area contributed by atoms with E-state index in [0.29, 0.717) is 34.5 Å². The fraction of sp³-hybridized carbons (Fsp3) is 0.304. The number of pyridine rings is 1. The van der Waals surface area contributed by atoms with Crippen molar-refractivity contribution in [2.75, 3.05) is 14.2 Å². The molecule has 0 aliphatic rings. The largest absolute Gasteiger partial charge is 0.493 e. The second-order valence-corrected chi connectivity index (χ2v) is 7.05. The molecule has 5 nitrogen and oxygen atoms in total. The maximum Gasteiger partial charge on any atom is 0.163 e. The van der Waals surface area contributed by atoms with E-state index in [4.69, 9.17) is 14.2 Å². The van der Waals surface area contributed by atoms with Crippen LogP contribution in [-0.4, -0.2) is 25.0 Å². The first kappa shape index (κ1) is 19.7. The van der Waals surface area contributed by atoms with E-state index >= 15 is 0 Å². The van der Waals surface area contributed by atoms with E-state index in [9.17, 15) is 4.79 Å². The van der Waals surface area contributed by atoms with Crippen LogP contribution in [0.25, 0.3) is 10.9 Å². The molecule has 0 N–H and O–H groups in total. The summed E-state index contributed by atoms with van der Waals surface area (Å²) in [7, 11) is 3.17. The maximum atomic E-state index is 12.3. The van der Waals surface area contributed by atoms with Gasteiger partial charge in [-0.25, -0.2) is 0 Å². The maximum absolute atomic E-state index is 12.3. The van der Waals surface area contributed by atoms with E-state index in [-0.39, 0.29) is 5.78 Å². The average molecular weight is 379 g/mol. The number of Topliss-reactive ketones (excluding diaryl/α,β-unsaturated/α-hetero) is 1. The Kier molecular flexibility index (Phi) is 5.54. The minimum atomic E-state index is -0.0329. The highest BCUT2D eigenvalue weighted by molar-refractivity contribution is 5.97. The fourth-order valence-electron chi connectivity index (χ4n) is 3.33. The van der Waals surface area contributed by atoms with Gasteiger partial charge in [0.2, 0.25) is 0 Å². The summed E-state index contributed by atoms with van der Waals surface area (Å²) in [5.74, 6) is 2.62. The molecule has 0 bridgehead atoms. The average Bonchev–Trinajstić information content (AvgIpc) is 2.66. The predicted molar refractivity (Wildman–Crippen MR) is 110 cm³/mol. The number of ether oxygens (including phenoxy) is 3. The number of fused-ring (bicyclic) bond motifs is 1. The highest BCUT2D eigenvalue weighted by Crippen LogP contribution is 2.38. The van der Waals surface area contributed by atoms with Crippen molar-refractivity contribution in [1.29, 1.82) is 0 Å². The zero-order valence-corrected chi connectivity index (χ0v) is 17.1. The van der Waals surface area contributed by atoms with E-state index < -0.39 is 0 Å². The van der Waals surface area contributed by atoms with Crippen LogP contribution in [0.4, 0.5) is 0 Å². The van der Waals surface area contributed by atoms with Crippen molar-refractivity contribution in [1.82, 2.24) is 4.98 Å². The summed E-state index contributed by atoms with van der Waals surface area (Å²) in [5.41, 5.74) is 3.52. The Balaban J connectivity index is 2.15. The van der Waals surface area contributed by atoms with Crippen molar-refractivity contribution >= 4 is 16.7 Å². The van der Waals surface area contributed by atoms with Crippen LogP contribution in [0, 0.1) is 6.92 Å². The van der Waals surface area contributed by atoms with Gasteiger partial charge in [0, 0.05) is 17.6 Å². The van der Waals surface area contributed by atoms with Crippen molar-refractivity contribution in [3.8, 4) is 23.0 Å². The number of rotatable bonds is 6. The lowest BCUT2D eigenvalue weighted by atomic mass is 9.94. The Morgan fingerprint density at radius 3 is 2.25 bits per heavy atom. The van der Waals surface area contributed by atoms with E-state index in [1.807, 2.05) is 25.1 Å². The molecule has 0 aliphatic carbocycles. The molecule has 0 aliphatic heterocycles. The van der Waals surface area contributed by atoms with Gasteiger partial charge in [-0.2, -0.15) is 0 Å². The van der Waals surface area contributed by atoms with Crippen LogP contribution in [0.15, 0.2) is 36.5 Å². The van der Waals surface area contributed by atoms with E-state index in [0.717, 1.165) is 22.0 Å². The Morgan fingerprint density at radius 1 is 0.964 bits per heavy atom. The van der Waals surface area contributed by atoms with Gasteiger partial charge in [0.05, 0.1) is 25.3 Å². The standard InChI is InChI=1S/C23H25NO4/c1-13(2)16-10-17(15(4)25)21(9-14(16)3)28-20-7-8-24-19-12-23(27-6)22(26-5)11-18(19)20/h7-13H,1-6H3. The summed E-state index contributed by atoms with van der Waals surface area (Å²) in [6, 6.07) is 9.28. The van der Waals surface area contributed by atoms with Gasteiger partial charge in [0.15, 0.2) is 17.3 Å². The number of nitrogens with zero attached hydrogens (tertiary/aromatic N) is 1. The predicted octanol–water partition coefficient (Wildman–Crippen LogP) is 5.68. The highest BCUT2D eigenvalue weighted by Gasteiger charge is 2.17. The Labute approximate surface area is 165 Å². The molecule has 0 saturated heterocycles. The zero-order chi connectivity index (χ0) is 20.4. The summed E-state index contributed by atoms with van der Waals surface area (Å²) in [6.07, 6.45) is 1.67. The third kappa shape index (κ3) is 3.65. The molecule has 3 aromatic rings. The minimum Gasteiger partial charge on any atom is -0.493 e. The summed E-state index contributed by atoms with van der Waals surface area (Å²) in [6.45, 7) is 7.82. The van der Waals surface area contributed by atoms with Gasteiger partial charge in [0.25, 0.3) is 0 Å². The van der Waals surface area contributed by atoms with Gasteiger partial charge >= 0.3 is 0 Å². The number of carbonyl (C=O) groups excluding carboxylic acids is 1. The number of hydrogen-bond acceptors (Lipinski definition) is 5. The van der Waals surface area contributed by atoms with Crippen LogP contribution in [0.1, 0.15) is 48.2 Å². The lowest BCUT2D eigenvalue weighted by molar-refractivity contribution is 0.101. The lowest BCUT2D eigenvalue weighted by Crippen LogP contribution is -2.02. The number of carbonyl (C=O) groups is 1. The van der Waals surface area contributed by atoms with Crippen molar-refractivity contribution in [3.63, 3.8) is 0 Å². The Hall–Kier alpha value is -3.08. The smallest absolute Gasteiger partial charge is 0.163 e. The van der Waals surface area contributed by atoms with E-state index in [1.165, 1.54) is 0 Å². The van der Waals surface area contributed by atoms with Gasteiger partial charge in [-0.15, -0.1) is 0 Å².